The van der Waals surface area contributed by atoms with E-state index < -0.39 is 0 Å². The molecular weight excluding hydrogens is 381 g/mol. The molecule has 3 rings (SSSR count). The second-order valence-electron chi connectivity index (χ2n) is 7.82. The minimum atomic E-state index is -0.306. The van der Waals surface area contributed by atoms with E-state index >= 15 is 0 Å². The second-order valence-corrected chi connectivity index (χ2v) is 7.82. The molecule has 0 heterocycles. The van der Waals surface area contributed by atoms with Crippen LogP contribution in [0, 0.1) is 5.82 Å². The van der Waals surface area contributed by atoms with Crippen molar-refractivity contribution >= 4 is 12.0 Å². The summed E-state index contributed by atoms with van der Waals surface area (Å²) >= 11 is 0. The lowest BCUT2D eigenvalue weighted by Crippen LogP contribution is -2.37. The maximum Gasteiger partial charge on any atom is 0.247 e. The highest BCUT2D eigenvalue weighted by Crippen LogP contribution is 2.26. The van der Waals surface area contributed by atoms with Crippen LogP contribution < -0.4 is 4.74 Å². The van der Waals surface area contributed by atoms with Crippen molar-refractivity contribution in [3.63, 3.8) is 0 Å². The number of rotatable bonds is 9. The first-order valence-electron chi connectivity index (χ1n) is 10.5. The fourth-order valence-electron chi connectivity index (χ4n) is 3.85. The largest absolute Gasteiger partial charge is 0.488 e. The molecule has 0 aromatic heterocycles. The van der Waals surface area contributed by atoms with Crippen molar-refractivity contribution in [2.75, 3.05) is 13.7 Å². The molecule has 1 atom stereocenters. The fraction of sp³-hybridized carbons (Fsp3) is 0.400. The molecule has 1 aliphatic rings. The van der Waals surface area contributed by atoms with Crippen LogP contribution in [0.5, 0.6) is 5.75 Å². The van der Waals surface area contributed by atoms with E-state index in [1.54, 1.807) is 31.4 Å². The Morgan fingerprint density at radius 3 is 2.60 bits per heavy atom. The lowest BCUT2D eigenvalue weighted by Gasteiger charge is -2.28. The molecule has 160 valence electrons. The van der Waals surface area contributed by atoms with E-state index in [4.69, 9.17) is 9.47 Å². The van der Waals surface area contributed by atoms with Gasteiger partial charge in [0.2, 0.25) is 5.91 Å². The normalized spacial score (nSPS) is 15.4. The van der Waals surface area contributed by atoms with E-state index in [2.05, 4.69) is 0 Å². The van der Waals surface area contributed by atoms with Crippen molar-refractivity contribution in [3.8, 4) is 5.75 Å². The Morgan fingerprint density at radius 2 is 1.93 bits per heavy atom. The molecule has 2 aromatic carbocycles. The van der Waals surface area contributed by atoms with Gasteiger partial charge in [-0.3, -0.25) is 4.79 Å². The Bertz CT molecular complexity index is 844. The van der Waals surface area contributed by atoms with Gasteiger partial charge in [-0.2, -0.15) is 0 Å². The molecule has 1 amide bonds. The average Bonchev–Trinajstić information content (AvgIpc) is 3.26. The predicted molar refractivity (Wildman–Crippen MR) is 117 cm³/mol. The second kappa shape index (κ2) is 10.9. The number of benzene rings is 2. The highest BCUT2D eigenvalue weighted by atomic mass is 19.1. The molecule has 0 saturated heterocycles. The van der Waals surface area contributed by atoms with E-state index in [1.165, 1.54) is 12.1 Å². The maximum atomic E-state index is 13.4. The van der Waals surface area contributed by atoms with Crippen LogP contribution in [0.1, 0.15) is 43.7 Å². The lowest BCUT2D eigenvalue weighted by molar-refractivity contribution is -0.128. The summed E-state index contributed by atoms with van der Waals surface area (Å²) in [7, 11) is 1.65. The minimum absolute atomic E-state index is 0.0228. The molecule has 0 radical (unpaired) electrons. The van der Waals surface area contributed by atoms with Gasteiger partial charge in [-0.05, 0) is 61.2 Å². The van der Waals surface area contributed by atoms with E-state index in [-0.39, 0.29) is 23.9 Å². The zero-order chi connectivity index (χ0) is 21.3. The average molecular weight is 412 g/mol. The van der Waals surface area contributed by atoms with Gasteiger partial charge in [0.1, 0.15) is 17.7 Å². The summed E-state index contributed by atoms with van der Waals surface area (Å²) in [6.45, 7) is 3.04. The SMILES string of the molecule is COC[C@H](C)Oc1ccc(CN(C(=O)/C=C/c2cccc(F)c2)C2CCCC2)cc1. The van der Waals surface area contributed by atoms with Crippen molar-refractivity contribution in [2.24, 2.45) is 0 Å². The standard InChI is InChI=1S/C25H30FNO3/c1-19(18-29-2)30-24-13-10-21(11-14-24)17-27(23-8-3-4-9-23)25(28)15-12-20-6-5-7-22(26)16-20/h5-7,10-16,19,23H,3-4,8-9,17-18H2,1-2H3/b15-12+/t19-/m0/s1. The third kappa shape index (κ3) is 6.42. The summed E-state index contributed by atoms with van der Waals surface area (Å²) in [5, 5.41) is 0. The first kappa shape index (κ1) is 22.0. The highest BCUT2D eigenvalue weighted by molar-refractivity contribution is 5.92. The van der Waals surface area contributed by atoms with Crippen LogP contribution in [0.2, 0.25) is 0 Å². The molecule has 1 saturated carbocycles. The number of hydrogen-bond donors (Lipinski definition) is 0. The lowest BCUT2D eigenvalue weighted by atomic mass is 10.1. The van der Waals surface area contributed by atoms with Gasteiger partial charge < -0.3 is 14.4 Å². The third-order valence-corrected chi connectivity index (χ3v) is 5.33. The molecule has 0 unspecified atom stereocenters. The van der Waals surface area contributed by atoms with Gasteiger partial charge in [-0.15, -0.1) is 0 Å². The van der Waals surface area contributed by atoms with Gasteiger partial charge in [-0.1, -0.05) is 37.1 Å². The van der Waals surface area contributed by atoms with Crippen molar-refractivity contribution < 1.29 is 18.7 Å². The summed E-state index contributed by atoms with van der Waals surface area (Å²) in [6, 6.07) is 14.4. The monoisotopic (exact) mass is 411 g/mol. The molecule has 0 bridgehead atoms. The Hall–Kier alpha value is -2.66. The number of methoxy groups -OCH3 is 1. The van der Waals surface area contributed by atoms with Gasteiger partial charge in [0.15, 0.2) is 0 Å². The topological polar surface area (TPSA) is 38.8 Å². The predicted octanol–water partition coefficient (Wildman–Crippen LogP) is 5.22. The molecule has 1 fully saturated rings. The van der Waals surface area contributed by atoms with Crippen LogP contribution in [-0.4, -0.2) is 36.7 Å². The van der Waals surface area contributed by atoms with Crippen LogP contribution in [0.4, 0.5) is 4.39 Å². The zero-order valence-corrected chi connectivity index (χ0v) is 17.7. The van der Waals surface area contributed by atoms with E-state index in [9.17, 15) is 9.18 Å². The molecule has 30 heavy (non-hydrogen) atoms. The summed E-state index contributed by atoms with van der Waals surface area (Å²) in [5.74, 6) is 0.438. The number of ether oxygens (including phenoxy) is 2. The van der Waals surface area contributed by atoms with Crippen molar-refractivity contribution in [2.45, 2.75) is 51.3 Å². The van der Waals surface area contributed by atoms with Crippen LogP contribution in [-0.2, 0) is 16.1 Å². The molecule has 1 aliphatic carbocycles. The van der Waals surface area contributed by atoms with Crippen LogP contribution in [0.15, 0.2) is 54.6 Å². The summed E-state index contributed by atoms with van der Waals surface area (Å²) in [5.41, 5.74) is 1.74. The summed E-state index contributed by atoms with van der Waals surface area (Å²) in [4.78, 5) is 14.9. The van der Waals surface area contributed by atoms with E-state index in [0.717, 1.165) is 37.0 Å². The van der Waals surface area contributed by atoms with Crippen LogP contribution >= 0.6 is 0 Å². The number of nitrogens with zero attached hydrogens (tertiary/aromatic N) is 1. The minimum Gasteiger partial charge on any atom is -0.488 e. The molecule has 2 aromatic rings. The number of amides is 1. The third-order valence-electron chi connectivity index (χ3n) is 5.33. The number of halogens is 1. The first-order chi connectivity index (χ1) is 14.5. The number of carbonyl (C=O) groups excluding carboxylic acids is 1. The number of carbonyl (C=O) groups is 1. The Morgan fingerprint density at radius 1 is 1.20 bits per heavy atom. The van der Waals surface area contributed by atoms with E-state index in [1.807, 2.05) is 36.1 Å². The first-order valence-corrected chi connectivity index (χ1v) is 10.5. The maximum absolute atomic E-state index is 13.4. The summed E-state index contributed by atoms with van der Waals surface area (Å²) < 4.78 is 24.3. The van der Waals surface area contributed by atoms with E-state index in [0.29, 0.717) is 18.7 Å². The van der Waals surface area contributed by atoms with Gasteiger partial charge in [0.25, 0.3) is 0 Å². The zero-order valence-electron chi connectivity index (χ0n) is 17.7. The number of hydrogen-bond acceptors (Lipinski definition) is 3. The smallest absolute Gasteiger partial charge is 0.247 e. The molecule has 0 spiro atoms. The van der Waals surface area contributed by atoms with Crippen molar-refractivity contribution in [1.29, 1.82) is 0 Å². The van der Waals surface area contributed by atoms with Crippen LogP contribution in [0.25, 0.3) is 6.08 Å². The fourth-order valence-corrected chi connectivity index (χ4v) is 3.85. The molecule has 0 aliphatic heterocycles. The van der Waals surface area contributed by atoms with Crippen LogP contribution in [0.3, 0.4) is 0 Å². The van der Waals surface area contributed by atoms with Crippen molar-refractivity contribution in [3.05, 3.63) is 71.6 Å². The van der Waals surface area contributed by atoms with Gasteiger partial charge in [0.05, 0.1) is 6.61 Å². The Labute approximate surface area is 178 Å². The van der Waals surface area contributed by atoms with Gasteiger partial charge >= 0.3 is 0 Å². The highest BCUT2D eigenvalue weighted by Gasteiger charge is 2.25. The quantitative estimate of drug-likeness (QED) is 0.531. The van der Waals surface area contributed by atoms with Gasteiger partial charge in [0, 0.05) is 25.8 Å². The van der Waals surface area contributed by atoms with Crippen molar-refractivity contribution in [1.82, 2.24) is 4.90 Å². The molecule has 4 nitrogen and oxygen atoms in total. The molecule has 0 N–H and O–H groups in total. The van der Waals surface area contributed by atoms with Gasteiger partial charge in [-0.25, -0.2) is 4.39 Å². The molecular formula is C25H30FNO3. The Balaban J connectivity index is 1.68. The Kier molecular flexibility index (Phi) is 8.03. The molecule has 5 heteroatoms. The summed E-state index contributed by atoms with van der Waals surface area (Å²) in [6.07, 6.45) is 7.55.